The van der Waals surface area contributed by atoms with Crippen molar-refractivity contribution in [1.82, 2.24) is 4.90 Å². The fraction of sp³-hybridized carbons (Fsp3) is 0.409. The van der Waals surface area contributed by atoms with Gasteiger partial charge in [-0.25, -0.2) is 8.42 Å². The van der Waals surface area contributed by atoms with E-state index in [1.165, 1.54) is 4.31 Å². The third kappa shape index (κ3) is 5.11. The van der Waals surface area contributed by atoms with Gasteiger partial charge < -0.3 is 9.64 Å². The Bertz CT molecular complexity index is 979. The molecule has 2 saturated heterocycles. The van der Waals surface area contributed by atoms with Gasteiger partial charge in [0.05, 0.1) is 24.1 Å². The smallest absolute Gasteiger partial charge is 0.246 e. The Morgan fingerprint density at radius 3 is 2.70 bits per heavy atom. The Hall–Kier alpha value is -2.16. The molecule has 2 fully saturated rings. The quantitative estimate of drug-likeness (QED) is 0.611. The summed E-state index contributed by atoms with van der Waals surface area (Å²) >= 11 is 1.64. The monoisotopic (exact) mass is 446 g/mol. The molecule has 8 heteroatoms. The minimum Gasteiger partial charge on any atom is -0.376 e. The molecule has 1 atom stereocenters. The van der Waals surface area contributed by atoms with Gasteiger partial charge in [-0.05, 0) is 54.5 Å². The molecule has 4 rings (SSSR count). The van der Waals surface area contributed by atoms with Crippen molar-refractivity contribution in [1.29, 1.82) is 0 Å². The van der Waals surface area contributed by atoms with E-state index in [9.17, 15) is 13.2 Å². The first kappa shape index (κ1) is 21.1. The number of rotatable bonds is 7. The van der Waals surface area contributed by atoms with E-state index >= 15 is 0 Å². The van der Waals surface area contributed by atoms with Crippen molar-refractivity contribution >= 4 is 39.0 Å². The van der Waals surface area contributed by atoms with Crippen LogP contribution in [0.3, 0.4) is 0 Å². The van der Waals surface area contributed by atoms with Crippen molar-refractivity contribution in [2.45, 2.75) is 31.9 Å². The van der Waals surface area contributed by atoms with E-state index in [0.717, 1.165) is 29.9 Å². The topological polar surface area (TPSA) is 66.9 Å². The second-order valence-corrected chi connectivity index (χ2v) is 10.6. The summed E-state index contributed by atoms with van der Waals surface area (Å²) in [5.74, 6) is 0.151. The van der Waals surface area contributed by atoms with E-state index in [0.29, 0.717) is 31.7 Å². The largest absolute Gasteiger partial charge is 0.376 e. The van der Waals surface area contributed by atoms with Crippen molar-refractivity contribution < 1.29 is 17.9 Å². The minimum absolute atomic E-state index is 0.0508. The summed E-state index contributed by atoms with van der Waals surface area (Å²) in [5.41, 5.74) is 1.53. The number of carbonyl (C=O) groups is 1. The zero-order valence-corrected chi connectivity index (χ0v) is 18.4. The molecule has 2 aromatic rings. The van der Waals surface area contributed by atoms with Crippen molar-refractivity contribution in [3.05, 3.63) is 58.3 Å². The SMILES string of the molecule is O=C(/C=C/c1ccc(N2CCCS2(=O)=O)cc1)N(Cc1cccs1)CC1CCCO1. The summed E-state index contributed by atoms with van der Waals surface area (Å²) in [6.45, 7) is 2.46. The van der Waals surface area contributed by atoms with Gasteiger partial charge in [-0.1, -0.05) is 18.2 Å². The average Bonchev–Trinajstić information content (AvgIpc) is 3.49. The van der Waals surface area contributed by atoms with Crippen LogP contribution in [0.4, 0.5) is 5.69 Å². The molecule has 1 unspecified atom stereocenters. The van der Waals surface area contributed by atoms with Gasteiger partial charge in [0, 0.05) is 30.6 Å². The number of carbonyl (C=O) groups excluding carboxylic acids is 1. The molecule has 0 aliphatic carbocycles. The highest BCUT2D eigenvalue weighted by molar-refractivity contribution is 7.93. The number of nitrogens with zero attached hydrogens (tertiary/aromatic N) is 2. The van der Waals surface area contributed by atoms with E-state index in [-0.39, 0.29) is 17.8 Å². The average molecular weight is 447 g/mol. The van der Waals surface area contributed by atoms with Gasteiger partial charge in [-0.15, -0.1) is 11.3 Å². The van der Waals surface area contributed by atoms with Crippen molar-refractivity contribution in [2.24, 2.45) is 0 Å². The molecule has 6 nitrogen and oxygen atoms in total. The molecule has 2 aliphatic rings. The molecule has 0 spiro atoms. The van der Waals surface area contributed by atoms with Crippen LogP contribution in [0.1, 0.15) is 29.7 Å². The lowest BCUT2D eigenvalue weighted by Gasteiger charge is -2.23. The third-order valence-corrected chi connectivity index (χ3v) is 8.12. The van der Waals surface area contributed by atoms with Crippen LogP contribution in [0, 0.1) is 0 Å². The molecule has 1 aromatic heterocycles. The lowest BCUT2D eigenvalue weighted by molar-refractivity contribution is -0.128. The molecular weight excluding hydrogens is 420 g/mol. The first-order valence-corrected chi connectivity index (χ1v) is 12.7. The lowest BCUT2D eigenvalue weighted by Crippen LogP contribution is -2.35. The number of sulfonamides is 1. The van der Waals surface area contributed by atoms with Gasteiger partial charge in [-0.2, -0.15) is 0 Å². The van der Waals surface area contributed by atoms with Gasteiger partial charge in [0.25, 0.3) is 0 Å². The lowest BCUT2D eigenvalue weighted by atomic mass is 10.2. The number of ether oxygens (including phenoxy) is 1. The number of hydrogen-bond donors (Lipinski definition) is 0. The molecule has 160 valence electrons. The summed E-state index contributed by atoms with van der Waals surface area (Å²) < 4.78 is 31.3. The first-order valence-electron chi connectivity index (χ1n) is 10.2. The maximum Gasteiger partial charge on any atom is 0.246 e. The minimum atomic E-state index is -3.18. The van der Waals surface area contributed by atoms with Gasteiger partial charge in [0.15, 0.2) is 0 Å². The van der Waals surface area contributed by atoms with Crippen LogP contribution in [-0.2, 0) is 26.1 Å². The zero-order valence-electron chi connectivity index (χ0n) is 16.8. The second-order valence-electron chi connectivity index (χ2n) is 7.60. The van der Waals surface area contributed by atoms with Crippen LogP contribution < -0.4 is 4.31 Å². The van der Waals surface area contributed by atoms with Crippen LogP contribution in [0.5, 0.6) is 0 Å². The van der Waals surface area contributed by atoms with E-state index in [2.05, 4.69) is 0 Å². The standard InChI is InChI=1S/C22H26N2O4S2/c25-22(23(16-20-4-1-13-28-20)17-21-5-2-14-29-21)11-8-18-6-9-19(10-7-18)24-12-3-15-30(24,26)27/h2,5-11,14,20H,1,3-4,12-13,15-17H2/b11-8+. The van der Waals surface area contributed by atoms with E-state index in [4.69, 9.17) is 4.74 Å². The number of thiophene rings is 1. The summed E-state index contributed by atoms with van der Waals surface area (Å²) in [4.78, 5) is 15.9. The number of benzene rings is 1. The normalized spacial score (nSPS) is 20.8. The second kappa shape index (κ2) is 9.32. The highest BCUT2D eigenvalue weighted by Crippen LogP contribution is 2.24. The summed E-state index contributed by atoms with van der Waals surface area (Å²) in [6.07, 6.45) is 6.15. The molecular formula is C22H26N2O4S2. The third-order valence-electron chi connectivity index (χ3n) is 5.39. The number of hydrogen-bond acceptors (Lipinski definition) is 5. The highest BCUT2D eigenvalue weighted by atomic mass is 32.2. The van der Waals surface area contributed by atoms with Crippen molar-refractivity contribution in [3.63, 3.8) is 0 Å². The maximum atomic E-state index is 12.9. The number of anilines is 1. The van der Waals surface area contributed by atoms with Crippen molar-refractivity contribution in [2.75, 3.05) is 29.8 Å². The predicted molar refractivity (Wildman–Crippen MR) is 120 cm³/mol. The van der Waals surface area contributed by atoms with Crippen LogP contribution in [0.15, 0.2) is 47.9 Å². The Kier molecular flexibility index (Phi) is 6.55. The Balaban J connectivity index is 1.43. The summed E-state index contributed by atoms with van der Waals surface area (Å²) in [7, 11) is -3.18. The van der Waals surface area contributed by atoms with E-state index in [1.54, 1.807) is 35.6 Å². The Labute approximate surface area is 181 Å². The fourth-order valence-electron chi connectivity index (χ4n) is 3.81. The fourth-order valence-corrected chi connectivity index (χ4v) is 6.10. The molecule has 0 N–H and O–H groups in total. The predicted octanol–water partition coefficient (Wildman–Crippen LogP) is 3.51. The van der Waals surface area contributed by atoms with Crippen molar-refractivity contribution in [3.8, 4) is 0 Å². The molecule has 2 aliphatic heterocycles. The molecule has 0 bridgehead atoms. The molecule has 0 saturated carbocycles. The number of amides is 1. The van der Waals surface area contributed by atoms with Crippen LogP contribution >= 0.6 is 11.3 Å². The van der Waals surface area contributed by atoms with Crippen LogP contribution in [0.2, 0.25) is 0 Å². The molecule has 0 radical (unpaired) electrons. The van der Waals surface area contributed by atoms with Gasteiger partial charge in [0.2, 0.25) is 15.9 Å². The van der Waals surface area contributed by atoms with Crippen LogP contribution in [0.25, 0.3) is 6.08 Å². The first-order chi connectivity index (χ1) is 14.5. The molecule has 1 aromatic carbocycles. The van der Waals surface area contributed by atoms with E-state index < -0.39 is 10.0 Å². The zero-order chi connectivity index (χ0) is 21.0. The van der Waals surface area contributed by atoms with Gasteiger partial charge in [-0.3, -0.25) is 9.10 Å². The van der Waals surface area contributed by atoms with Gasteiger partial charge >= 0.3 is 0 Å². The molecule has 1 amide bonds. The maximum absolute atomic E-state index is 12.9. The van der Waals surface area contributed by atoms with Crippen LogP contribution in [-0.4, -0.2) is 50.8 Å². The Morgan fingerprint density at radius 1 is 1.23 bits per heavy atom. The molecule has 3 heterocycles. The molecule has 30 heavy (non-hydrogen) atoms. The summed E-state index contributed by atoms with van der Waals surface area (Å²) in [5, 5.41) is 2.02. The van der Waals surface area contributed by atoms with E-state index in [1.807, 2.05) is 34.5 Å². The Morgan fingerprint density at radius 2 is 2.07 bits per heavy atom. The highest BCUT2D eigenvalue weighted by Gasteiger charge is 2.28. The summed E-state index contributed by atoms with van der Waals surface area (Å²) in [6, 6.07) is 11.3. The van der Waals surface area contributed by atoms with Gasteiger partial charge in [0.1, 0.15) is 0 Å².